The van der Waals surface area contributed by atoms with Gasteiger partial charge in [-0.1, -0.05) is 46.3 Å². The molecule has 0 radical (unpaired) electrons. The van der Waals surface area contributed by atoms with E-state index in [1.54, 1.807) is 0 Å². The van der Waals surface area contributed by atoms with Crippen LogP contribution in [0.15, 0.2) is 40.9 Å². The Kier molecular flexibility index (Phi) is 4.59. The van der Waals surface area contributed by atoms with E-state index in [0.717, 1.165) is 22.9 Å². The lowest BCUT2D eigenvalue weighted by molar-refractivity contribution is -0.122. The number of rotatable bonds is 4. The van der Waals surface area contributed by atoms with Crippen molar-refractivity contribution in [1.82, 2.24) is 5.32 Å². The van der Waals surface area contributed by atoms with E-state index in [4.69, 9.17) is 0 Å². The largest absolute Gasteiger partial charge is 0.350 e. The van der Waals surface area contributed by atoms with Crippen LogP contribution in [0.2, 0.25) is 0 Å². The van der Waals surface area contributed by atoms with E-state index in [1.807, 2.05) is 31.2 Å². The number of halogens is 1. The first-order valence-corrected chi connectivity index (χ1v) is 7.16. The topological polar surface area (TPSA) is 29.1 Å². The maximum atomic E-state index is 11.9. The molecule has 1 N–H and O–H groups in total. The van der Waals surface area contributed by atoms with Gasteiger partial charge in [0, 0.05) is 10.9 Å². The van der Waals surface area contributed by atoms with Gasteiger partial charge in [0.25, 0.3) is 0 Å². The summed E-state index contributed by atoms with van der Waals surface area (Å²) < 4.78 is 1.04. The standard InChI is InChI=1S/C15H18BrNO/c1-11(13-8-4-5-9-14(13)16)17-15(18)10-12-6-2-3-7-12/h2,4-6,8-9,11-12H,3,7,10H2,1H3,(H,17,18). The summed E-state index contributed by atoms with van der Waals surface area (Å²) in [4.78, 5) is 11.9. The highest BCUT2D eigenvalue weighted by molar-refractivity contribution is 9.10. The second-order valence-corrected chi connectivity index (χ2v) is 5.63. The fraction of sp³-hybridized carbons (Fsp3) is 0.400. The van der Waals surface area contributed by atoms with E-state index < -0.39 is 0 Å². The molecule has 96 valence electrons. The first kappa shape index (κ1) is 13.3. The van der Waals surface area contributed by atoms with Gasteiger partial charge in [-0.2, -0.15) is 0 Å². The summed E-state index contributed by atoms with van der Waals surface area (Å²) in [5.74, 6) is 0.561. The average Bonchev–Trinajstić information content (AvgIpc) is 2.82. The van der Waals surface area contributed by atoms with Gasteiger partial charge in [-0.25, -0.2) is 0 Å². The summed E-state index contributed by atoms with van der Waals surface area (Å²) in [6.45, 7) is 2.02. The lowest BCUT2D eigenvalue weighted by Gasteiger charge is -2.17. The second-order valence-electron chi connectivity index (χ2n) is 4.78. The van der Waals surface area contributed by atoms with Gasteiger partial charge in [0.2, 0.25) is 5.91 Å². The molecular formula is C15H18BrNO. The van der Waals surface area contributed by atoms with Gasteiger partial charge < -0.3 is 5.32 Å². The highest BCUT2D eigenvalue weighted by atomic mass is 79.9. The Labute approximate surface area is 117 Å². The minimum Gasteiger partial charge on any atom is -0.350 e. The molecule has 3 heteroatoms. The number of allylic oxidation sites excluding steroid dienone is 2. The van der Waals surface area contributed by atoms with Crippen LogP contribution in [0.3, 0.4) is 0 Å². The summed E-state index contributed by atoms with van der Waals surface area (Å²) in [6.07, 6.45) is 7.14. The maximum Gasteiger partial charge on any atom is 0.221 e. The van der Waals surface area contributed by atoms with Crippen molar-refractivity contribution in [3.8, 4) is 0 Å². The molecule has 18 heavy (non-hydrogen) atoms. The first-order valence-electron chi connectivity index (χ1n) is 6.37. The summed E-state index contributed by atoms with van der Waals surface area (Å²) in [7, 11) is 0. The molecule has 1 aliphatic carbocycles. The molecule has 2 unspecified atom stereocenters. The molecule has 1 amide bonds. The second kappa shape index (κ2) is 6.19. The van der Waals surface area contributed by atoms with Crippen LogP contribution >= 0.6 is 15.9 Å². The van der Waals surface area contributed by atoms with Crippen molar-refractivity contribution in [2.45, 2.75) is 32.2 Å². The molecule has 0 bridgehead atoms. The SMILES string of the molecule is CC(NC(=O)CC1C=CCC1)c1ccccc1Br. The van der Waals surface area contributed by atoms with Crippen molar-refractivity contribution < 1.29 is 4.79 Å². The van der Waals surface area contributed by atoms with E-state index in [-0.39, 0.29) is 11.9 Å². The van der Waals surface area contributed by atoms with Crippen molar-refractivity contribution in [3.63, 3.8) is 0 Å². The van der Waals surface area contributed by atoms with Crippen molar-refractivity contribution in [1.29, 1.82) is 0 Å². The zero-order valence-corrected chi connectivity index (χ0v) is 12.1. The molecule has 0 saturated carbocycles. The fourth-order valence-electron chi connectivity index (χ4n) is 2.31. The highest BCUT2D eigenvalue weighted by Crippen LogP contribution is 2.24. The molecular weight excluding hydrogens is 290 g/mol. The number of nitrogens with one attached hydrogen (secondary N) is 1. The van der Waals surface area contributed by atoms with Crippen molar-refractivity contribution in [3.05, 3.63) is 46.5 Å². The van der Waals surface area contributed by atoms with Crippen LogP contribution in [-0.2, 0) is 4.79 Å². The molecule has 1 aromatic rings. The lowest BCUT2D eigenvalue weighted by atomic mass is 10.0. The van der Waals surface area contributed by atoms with Gasteiger partial charge in [0.05, 0.1) is 6.04 Å². The van der Waals surface area contributed by atoms with Gasteiger partial charge in [-0.05, 0) is 37.3 Å². The normalized spacial score (nSPS) is 19.8. The van der Waals surface area contributed by atoms with Crippen molar-refractivity contribution in [2.24, 2.45) is 5.92 Å². The number of benzene rings is 1. The van der Waals surface area contributed by atoms with Crippen LogP contribution < -0.4 is 5.32 Å². The quantitative estimate of drug-likeness (QED) is 0.838. The molecule has 0 aliphatic heterocycles. The summed E-state index contributed by atoms with van der Waals surface area (Å²) in [6, 6.07) is 8.04. The lowest BCUT2D eigenvalue weighted by Crippen LogP contribution is -2.28. The predicted molar refractivity (Wildman–Crippen MR) is 77.2 cm³/mol. The van der Waals surface area contributed by atoms with Gasteiger partial charge in [0.15, 0.2) is 0 Å². The van der Waals surface area contributed by atoms with Crippen LogP contribution in [-0.4, -0.2) is 5.91 Å². The zero-order chi connectivity index (χ0) is 13.0. The Morgan fingerprint density at radius 2 is 2.28 bits per heavy atom. The third-order valence-corrected chi connectivity index (χ3v) is 4.03. The minimum absolute atomic E-state index is 0.0402. The molecule has 0 aromatic heterocycles. The molecule has 0 heterocycles. The van der Waals surface area contributed by atoms with Gasteiger partial charge in [-0.3, -0.25) is 4.79 Å². The van der Waals surface area contributed by atoms with Gasteiger partial charge in [0.1, 0.15) is 0 Å². The molecule has 0 spiro atoms. The Bertz CT molecular complexity index is 456. The Morgan fingerprint density at radius 3 is 2.94 bits per heavy atom. The molecule has 2 nitrogen and oxygen atoms in total. The van der Waals surface area contributed by atoms with Gasteiger partial charge in [-0.15, -0.1) is 0 Å². The predicted octanol–water partition coefficient (Wildman–Crippen LogP) is 3.98. The number of hydrogen-bond acceptors (Lipinski definition) is 1. The Balaban J connectivity index is 1.90. The molecule has 1 aromatic carbocycles. The van der Waals surface area contributed by atoms with E-state index in [0.29, 0.717) is 12.3 Å². The van der Waals surface area contributed by atoms with Crippen LogP contribution in [0.4, 0.5) is 0 Å². The number of carbonyl (C=O) groups is 1. The van der Waals surface area contributed by atoms with Crippen molar-refractivity contribution >= 4 is 21.8 Å². The minimum atomic E-state index is 0.0402. The van der Waals surface area contributed by atoms with E-state index in [1.165, 1.54) is 0 Å². The number of carbonyl (C=O) groups excluding carboxylic acids is 1. The molecule has 2 atom stereocenters. The van der Waals surface area contributed by atoms with Crippen LogP contribution in [0.5, 0.6) is 0 Å². The maximum absolute atomic E-state index is 11.9. The molecule has 0 fully saturated rings. The Morgan fingerprint density at radius 1 is 1.50 bits per heavy atom. The van der Waals surface area contributed by atoms with Crippen LogP contribution in [0, 0.1) is 5.92 Å². The summed E-state index contributed by atoms with van der Waals surface area (Å²) in [5, 5.41) is 3.06. The summed E-state index contributed by atoms with van der Waals surface area (Å²) in [5.41, 5.74) is 1.12. The number of hydrogen-bond donors (Lipinski definition) is 1. The zero-order valence-electron chi connectivity index (χ0n) is 10.5. The molecule has 0 saturated heterocycles. The highest BCUT2D eigenvalue weighted by Gasteiger charge is 2.16. The van der Waals surface area contributed by atoms with Gasteiger partial charge >= 0.3 is 0 Å². The van der Waals surface area contributed by atoms with Crippen LogP contribution in [0.25, 0.3) is 0 Å². The van der Waals surface area contributed by atoms with Crippen LogP contribution in [0.1, 0.15) is 37.8 Å². The van der Waals surface area contributed by atoms with Crippen molar-refractivity contribution in [2.75, 3.05) is 0 Å². The van der Waals surface area contributed by atoms with E-state index in [9.17, 15) is 4.79 Å². The average molecular weight is 308 g/mol. The fourth-order valence-corrected chi connectivity index (χ4v) is 2.94. The van der Waals surface area contributed by atoms with E-state index in [2.05, 4.69) is 33.4 Å². The first-order chi connectivity index (χ1) is 8.66. The molecule has 1 aliphatic rings. The number of amides is 1. The third-order valence-electron chi connectivity index (χ3n) is 3.31. The molecule has 2 rings (SSSR count). The summed E-state index contributed by atoms with van der Waals surface area (Å²) >= 11 is 3.51. The van der Waals surface area contributed by atoms with E-state index >= 15 is 0 Å². The Hall–Kier alpha value is -1.09. The third kappa shape index (κ3) is 3.45. The monoisotopic (exact) mass is 307 g/mol. The smallest absolute Gasteiger partial charge is 0.221 e.